The number of thiophene rings is 1. The SMILES string of the molecule is CC.CC.N=C(N)c1cc2ccc(-c3ccccc3)cc2s1. The molecule has 3 heteroatoms. The molecular weight excluding hydrogens is 288 g/mol. The van der Waals surface area contributed by atoms with E-state index in [-0.39, 0.29) is 5.84 Å². The second-order valence-corrected chi connectivity index (χ2v) is 5.23. The Labute approximate surface area is 137 Å². The molecule has 0 fully saturated rings. The summed E-state index contributed by atoms with van der Waals surface area (Å²) in [5.41, 5.74) is 7.92. The summed E-state index contributed by atoms with van der Waals surface area (Å²) in [6.45, 7) is 8.00. The van der Waals surface area contributed by atoms with E-state index in [1.807, 2.05) is 52.0 Å². The van der Waals surface area contributed by atoms with Gasteiger partial charge in [0.2, 0.25) is 0 Å². The van der Waals surface area contributed by atoms with Gasteiger partial charge >= 0.3 is 0 Å². The topological polar surface area (TPSA) is 49.9 Å². The van der Waals surface area contributed by atoms with Crippen LogP contribution < -0.4 is 5.73 Å². The second-order valence-electron chi connectivity index (χ2n) is 4.14. The summed E-state index contributed by atoms with van der Waals surface area (Å²) in [6, 6.07) is 18.6. The van der Waals surface area contributed by atoms with E-state index in [0.29, 0.717) is 0 Å². The van der Waals surface area contributed by atoms with Crippen LogP contribution >= 0.6 is 11.3 Å². The number of amidine groups is 1. The van der Waals surface area contributed by atoms with Crippen LogP contribution in [0.1, 0.15) is 32.6 Å². The molecule has 116 valence electrons. The van der Waals surface area contributed by atoms with Gasteiger partial charge in [0.15, 0.2) is 0 Å². The number of nitrogens with two attached hydrogens (primary N) is 1. The van der Waals surface area contributed by atoms with Crippen molar-refractivity contribution in [2.45, 2.75) is 27.7 Å². The first kappa shape index (κ1) is 17.9. The van der Waals surface area contributed by atoms with Crippen molar-refractivity contribution in [2.75, 3.05) is 0 Å². The zero-order valence-corrected chi connectivity index (χ0v) is 14.5. The van der Waals surface area contributed by atoms with E-state index in [1.165, 1.54) is 15.8 Å². The van der Waals surface area contributed by atoms with Gasteiger partial charge in [0.25, 0.3) is 0 Å². The van der Waals surface area contributed by atoms with Gasteiger partial charge in [-0.1, -0.05) is 70.2 Å². The molecule has 3 N–H and O–H groups in total. The average molecular weight is 312 g/mol. The minimum atomic E-state index is 0.137. The molecule has 0 aliphatic carbocycles. The van der Waals surface area contributed by atoms with Gasteiger partial charge < -0.3 is 5.73 Å². The van der Waals surface area contributed by atoms with Crippen LogP contribution in [0.15, 0.2) is 54.6 Å². The lowest BCUT2D eigenvalue weighted by Crippen LogP contribution is -2.08. The van der Waals surface area contributed by atoms with Crippen LogP contribution in [0.25, 0.3) is 21.2 Å². The summed E-state index contributed by atoms with van der Waals surface area (Å²) < 4.78 is 1.17. The molecule has 0 saturated heterocycles. The summed E-state index contributed by atoms with van der Waals surface area (Å²) in [5.74, 6) is 0.137. The second kappa shape index (κ2) is 9.00. The Morgan fingerprint density at radius 3 is 2.09 bits per heavy atom. The fourth-order valence-corrected chi connectivity index (χ4v) is 2.94. The highest BCUT2D eigenvalue weighted by Gasteiger charge is 2.05. The fraction of sp³-hybridized carbons (Fsp3) is 0.211. The zero-order chi connectivity index (χ0) is 16.5. The third-order valence-corrected chi connectivity index (χ3v) is 4.02. The highest BCUT2D eigenvalue weighted by molar-refractivity contribution is 7.20. The third kappa shape index (κ3) is 4.18. The van der Waals surface area contributed by atoms with Gasteiger partial charge in [-0.2, -0.15) is 0 Å². The summed E-state index contributed by atoms with van der Waals surface area (Å²) in [7, 11) is 0. The standard InChI is InChI=1S/C15H12N2S.2C2H6/c16-15(17)14-9-12-7-6-11(8-13(12)18-14)10-4-2-1-3-5-10;2*1-2/h1-9H,(H3,16,17);2*1-2H3. The lowest BCUT2D eigenvalue weighted by molar-refractivity contribution is 1.46. The Morgan fingerprint density at radius 1 is 0.864 bits per heavy atom. The molecule has 1 heterocycles. The van der Waals surface area contributed by atoms with Crippen LogP contribution in [0.5, 0.6) is 0 Å². The van der Waals surface area contributed by atoms with E-state index < -0.39 is 0 Å². The Morgan fingerprint density at radius 2 is 1.50 bits per heavy atom. The molecule has 22 heavy (non-hydrogen) atoms. The van der Waals surface area contributed by atoms with Crippen LogP contribution in [0.2, 0.25) is 0 Å². The van der Waals surface area contributed by atoms with E-state index in [4.69, 9.17) is 11.1 Å². The summed E-state index contributed by atoms with van der Waals surface area (Å²) in [6.07, 6.45) is 0. The van der Waals surface area contributed by atoms with Gasteiger partial charge in [-0.05, 0) is 28.6 Å². The first-order valence-corrected chi connectivity index (χ1v) is 8.49. The minimum Gasteiger partial charge on any atom is -0.383 e. The van der Waals surface area contributed by atoms with Crippen molar-refractivity contribution in [3.63, 3.8) is 0 Å². The number of hydrogen-bond donors (Lipinski definition) is 2. The van der Waals surface area contributed by atoms with Crippen molar-refractivity contribution in [1.29, 1.82) is 5.41 Å². The molecule has 0 radical (unpaired) electrons. The van der Waals surface area contributed by atoms with E-state index in [1.54, 1.807) is 11.3 Å². The highest BCUT2D eigenvalue weighted by atomic mass is 32.1. The highest BCUT2D eigenvalue weighted by Crippen LogP contribution is 2.30. The molecular formula is C19H24N2S. The predicted molar refractivity (Wildman–Crippen MR) is 101 cm³/mol. The number of nitrogens with one attached hydrogen (secondary N) is 1. The maximum atomic E-state index is 7.47. The quantitative estimate of drug-likeness (QED) is 0.449. The van der Waals surface area contributed by atoms with Crippen molar-refractivity contribution < 1.29 is 0 Å². The van der Waals surface area contributed by atoms with Crippen LogP contribution in [0, 0.1) is 5.41 Å². The van der Waals surface area contributed by atoms with Gasteiger partial charge in [-0.3, -0.25) is 5.41 Å². The van der Waals surface area contributed by atoms with Crippen LogP contribution in [0.3, 0.4) is 0 Å². The molecule has 0 saturated carbocycles. The molecule has 0 spiro atoms. The molecule has 2 aromatic carbocycles. The van der Waals surface area contributed by atoms with Gasteiger partial charge in [-0.25, -0.2) is 0 Å². The number of benzene rings is 2. The first-order valence-electron chi connectivity index (χ1n) is 7.67. The van der Waals surface area contributed by atoms with E-state index in [9.17, 15) is 0 Å². The normalized spacial score (nSPS) is 9.27. The predicted octanol–water partition coefficient (Wildman–Crippen LogP) is 5.90. The zero-order valence-electron chi connectivity index (χ0n) is 13.7. The van der Waals surface area contributed by atoms with Crippen molar-refractivity contribution in [2.24, 2.45) is 5.73 Å². The molecule has 0 bridgehead atoms. The minimum absolute atomic E-state index is 0.137. The molecule has 0 aliphatic heterocycles. The molecule has 0 amide bonds. The average Bonchev–Trinajstić information content (AvgIpc) is 3.03. The fourth-order valence-electron chi connectivity index (χ4n) is 1.97. The van der Waals surface area contributed by atoms with Crippen molar-refractivity contribution >= 4 is 27.3 Å². The molecule has 3 rings (SSSR count). The van der Waals surface area contributed by atoms with Crippen molar-refractivity contribution in [3.8, 4) is 11.1 Å². The van der Waals surface area contributed by atoms with Gasteiger partial charge in [-0.15, -0.1) is 11.3 Å². The molecule has 0 aliphatic rings. The van der Waals surface area contributed by atoms with Gasteiger partial charge in [0, 0.05) is 4.70 Å². The first-order chi connectivity index (χ1) is 10.7. The summed E-state index contributed by atoms with van der Waals surface area (Å²) in [4.78, 5) is 0.829. The Hall–Kier alpha value is -2.13. The Balaban J connectivity index is 0.000000561. The smallest absolute Gasteiger partial charge is 0.133 e. The third-order valence-electron chi connectivity index (χ3n) is 2.89. The summed E-state index contributed by atoms with van der Waals surface area (Å²) >= 11 is 1.56. The number of rotatable bonds is 2. The molecule has 0 unspecified atom stereocenters. The molecule has 0 atom stereocenters. The maximum Gasteiger partial charge on any atom is 0.133 e. The van der Waals surface area contributed by atoms with E-state index in [2.05, 4.69) is 30.3 Å². The number of nitrogen functional groups attached to an aromatic ring is 1. The van der Waals surface area contributed by atoms with Crippen LogP contribution in [0.4, 0.5) is 0 Å². The number of hydrogen-bond acceptors (Lipinski definition) is 2. The van der Waals surface area contributed by atoms with E-state index >= 15 is 0 Å². The lowest BCUT2D eigenvalue weighted by Gasteiger charge is -2.00. The maximum absolute atomic E-state index is 7.47. The Kier molecular flexibility index (Phi) is 7.33. The van der Waals surface area contributed by atoms with Gasteiger partial charge in [0.05, 0.1) is 4.88 Å². The van der Waals surface area contributed by atoms with E-state index in [0.717, 1.165) is 10.3 Å². The lowest BCUT2D eigenvalue weighted by atomic mass is 10.1. The number of fused-ring (bicyclic) bond motifs is 1. The largest absolute Gasteiger partial charge is 0.383 e. The van der Waals surface area contributed by atoms with Crippen LogP contribution in [-0.2, 0) is 0 Å². The summed E-state index contributed by atoms with van der Waals surface area (Å²) in [5, 5.41) is 8.62. The molecule has 2 nitrogen and oxygen atoms in total. The molecule has 1 aromatic heterocycles. The van der Waals surface area contributed by atoms with Gasteiger partial charge in [0.1, 0.15) is 5.84 Å². The monoisotopic (exact) mass is 312 g/mol. The van der Waals surface area contributed by atoms with Crippen molar-refractivity contribution in [3.05, 3.63) is 59.5 Å². The van der Waals surface area contributed by atoms with Crippen LogP contribution in [-0.4, -0.2) is 5.84 Å². The molecule has 3 aromatic rings. The van der Waals surface area contributed by atoms with Crippen molar-refractivity contribution in [1.82, 2.24) is 0 Å². The Bertz CT molecular complexity index is 715.